The summed E-state index contributed by atoms with van der Waals surface area (Å²) in [5.74, 6) is -3.37. The normalized spacial score (nSPS) is 23.3. The lowest BCUT2D eigenvalue weighted by Crippen LogP contribution is -2.43. The molecular weight excluding hydrogens is 386 g/mol. The second kappa shape index (κ2) is 8.41. The Balaban J connectivity index is 1.30. The fourth-order valence-electron chi connectivity index (χ4n) is 4.20. The maximum atomic E-state index is 13.6. The van der Waals surface area contributed by atoms with Gasteiger partial charge in [0.15, 0.2) is 0 Å². The van der Waals surface area contributed by atoms with Crippen LogP contribution in [0, 0.1) is 11.3 Å². The summed E-state index contributed by atoms with van der Waals surface area (Å²) < 4.78 is 27.2. The van der Waals surface area contributed by atoms with Crippen LogP contribution in [0.5, 0.6) is 0 Å². The average molecular weight is 410 g/mol. The van der Waals surface area contributed by atoms with E-state index in [1.165, 1.54) is 0 Å². The highest BCUT2D eigenvalue weighted by Crippen LogP contribution is 2.32. The van der Waals surface area contributed by atoms with Gasteiger partial charge in [-0.3, -0.25) is 9.69 Å². The number of hydrogen-bond donors (Lipinski definition) is 1. The Morgan fingerprint density at radius 3 is 2.53 bits per heavy atom. The van der Waals surface area contributed by atoms with E-state index in [4.69, 9.17) is 5.26 Å². The van der Waals surface area contributed by atoms with Crippen molar-refractivity contribution in [3.8, 4) is 17.2 Å². The number of nitriles is 1. The largest absolute Gasteiger partial charge is 0.381 e. The van der Waals surface area contributed by atoms with E-state index in [0.717, 1.165) is 28.1 Å². The molecule has 0 aliphatic carbocycles. The first kappa shape index (κ1) is 20.3. The Hall–Kier alpha value is -2.98. The molecule has 2 atom stereocenters. The number of hydrogen-bond acceptors (Lipinski definition) is 4. The lowest BCUT2D eigenvalue weighted by Gasteiger charge is -2.23. The lowest BCUT2D eigenvalue weighted by molar-refractivity contribution is -0.133. The van der Waals surface area contributed by atoms with Gasteiger partial charge in [-0.2, -0.15) is 5.26 Å². The smallest absolute Gasteiger partial charge is 0.268 e. The van der Waals surface area contributed by atoms with Crippen LogP contribution < -0.4 is 5.32 Å². The van der Waals surface area contributed by atoms with Crippen LogP contribution in [-0.2, 0) is 4.79 Å². The van der Waals surface area contributed by atoms with Gasteiger partial charge in [-0.05, 0) is 29.7 Å². The third-order valence-electron chi connectivity index (χ3n) is 5.73. The Bertz CT molecular complexity index is 926. The van der Waals surface area contributed by atoms with Gasteiger partial charge in [0.2, 0.25) is 5.91 Å². The quantitative estimate of drug-likeness (QED) is 0.818. The van der Waals surface area contributed by atoms with Crippen LogP contribution in [0.1, 0.15) is 12.8 Å². The Morgan fingerprint density at radius 1 is 1.13 bits per heavy atom. The zero-order valence-electron chi connectivity index (χ0n) is 16.6. The number of nitrogens with one attached hydrogen (secondary N) is 1. The lowest BCUT2D eigenvalue weighted by atomic mass is 10.1. The topological polar surface area (TPSA) is 59.4 Å². The van der Waals surface area contributed by atoms with E-state index < -0.39 is 30.8 Å². The molecule has 0 spiro atoms. The number of anilines is 1. The van der Waals surface area contributed by atoms with Crippen molar-refractivity contribution >= 4 is 11.6 Å². The summed E-state index contributed by atoms with van der Waals surface area (Å²) in [7, 11) is 0. The highest BCUT2D eigenvalue weighted by atomic mass is 19.3. The number of nitrogens with zero attached hydrogens (tertiary/aromatic N) is 3. The van der Waals surface area contributed by atoms with Gasteiger partial charge in [-0.1, -0.05) is 42.5 Å². The van der Waals surface area contributed by atoms with Gasteiger partial charge in [0.1, 0.15) is 6.04 Å². The molecule has 2 aromatic rings. The van der Waals surface area contributed by atoms with Crippen LogP contribution >= 0.6 is 0 Å². The van der Waals surface area contributed by atoms with E-state index in [2.05, 4.69) is 29.6 Å². The molecule has 1 N–H and O–H groups in total. The fraction of sp³-hybridized carbons (Fsp3) is 0.391. The van der Waals surface area contributed by atoms with Gasteiger partial charge in [-0.25, -0.2) is 8.78 Å². The first-order chi connectivity index (χ1) is 14.4. The van der Waals surface area contributed by atoms with Gasteiger partial charge in [0, 0.05) is 31.2 Å². The average Bonchev–Trinajstić information content (AvgIpc) is 3.32. The minimum absolute atomic E-state index is 0.0688. The van der Waals surface area contributed by atoms with E-state index in [1.54, 1.807) is 0 Å². The van der Waals surface area contributed by atoms with E-state index in [1.807, 2.05) is 41.3 Å². The van der Waals surface area contributed by atoms with Crippen molar-refractivity contribution in [2.75, 3.05) is 31.5 Å². The number of amides is 1. The molecule has 0 saturated carbocycles. The second-order valence-corrected chi connectivity index (χ2v) is 8.04. The first-order valence-electron chi connectivity index (χ1n) is 10.1. The summed E-state index contributed by atoms with van der Waals surface area (Å²) in [6, 6.07) is 19.4. The molecule has 30 heavy (non-hydrogen) atoms. The zero-order chi connectivity index (χ0) is 21.1. The van der Waals surface area contributed by atoms with Crippen molar-refractivity contribution in [2.24, 2.45) is 0 Å². The van der Waals surface area contributed by atoms with E-state index in [-0.39, 0.29) is 12.6 Å². The van der Waals surface area contributed by atoms with Crippen molar-refractivity contribution in [1.29, 1.82) is 5.26 Å². The fourth-order valence-corrected chi connectivity index (χ4v) is 4.20. The Kier molecular flexibility index (Phi) is 5.69. The van der Waals surface area contributed by atoms with Gasteiger partial charge < -0.3 is 10.2 Å². The number of rotatable bonds is 5. The maximum absolute atomic E-state index is 13.6. The van der Waals surface area contributed by atoms with Crippen LogP contribution in [-0.4, -0.2) is 59.9 Å². The highest BCUT2D eigenvalue weighted by Gasteiger charge is 2.47. The number of benzene rings is 2. The molecule has 2 aromatic carbocycles. The summed E-state index contributed by atoms with van der Waals surface area (Å²) in [5, 5.41) is 12.6. The minimum Gasteiger partial charge on any atom is -0.381 e. The molecule has 156 valence electrons. The predicted molar refractivity (Wildman–Crippen MR) is 111 cm³/mol. The van der Waals surface area contributed by atoms with E-state index in [9.17, 15) is 13.6 Å². The van der Waals surface area contributed by atoms with Crippen LogP contribution in [0.4, 0.5) is 14.5 Å². The standard InChI is InChI=1S/C23H24F2N4O/c24-23(25)12-21(13-26)29(16-23)22(30)15-28-11-10-20(14-28)27-19-8-6-18(7-9-19)17-4-2-1-3-5-17/h1-9,20-21,27H,10-12,14-16H2/t20-,21-/m0/s1. The van der Waals surface area contributed by atoms with E-state index in [0.29, 0.717) is 13.1 Å². The molecule has 2 fully saturated rings. The van der Waals surface area contributed by atoms with Gasteiger partial charge in [-0.15, -0.1) is 0 Å². The summed E-state index contributed by atoms with van der Waals surface area (Å²) in [6.07, 6.45) is 0.296. The third-order valence-corrected chi connectivity index (χ3v) is 5.73. The van der Waals surface area contributed by atoms with E-state index >= 15 is 0 Å². The number of likely N-dealkylation sites (tertiary alicyclic amines) is 2. The summed E-state index contributed by atoms with van der Waals surface area (Å²) in [4.78, 5) is 15.5. The number of alkyl halides is 2. The number of carbonyl (C=O) groups is 1. The van der Waals surface area contributed by atoms with Gasteiger partial charge >= 0.3 is 0 Å². The molecule has 4 rings (SSSR count). The van der Waals surface area contributed by atoms with Crippen LogP contribution in [0.3, 0.4) is 0 Å². The number of halogens is 2. The van der Waals surface area contributed by atoms with Crippen molar-refractivity contribution < 1.29 is 13.6 Å². The van der Waals surface area contributed by atoms with Crippen molar-refractivity contribution in [3.05, 3.63) is 54.6 Å². The molecule has 1 amide bonds. The van der Waals surface area contributed by atoms with Crippen LogP contribution in [0.15, 0.2) is 54.6 Å². The van der Waals surface area contributed by atoms with Gasteiger partial charge in [0.25, 0.3) is 5.92 Å². The van der Waals surface area contributed by atoms with Gasteiger partial charge in [0.05, 0.1) is 19.2 Å². The molecule has 2 saturated heterocycles. The molecule has 5 nitrogen and oxygen atoms in total. The Morgan fingerprint density at radius 2 is 1.83 bits per heavy atom. The number of carbonyl (C=O) groups excluding carboxylic acids is 1. The Labute approximate surface area is 174 Å². The zero-order valence-corrected chi connectivity index (χ0v) is 16.6. The summed E-state index contributed by atoms with van der Waals surface area (Å²) in [5.41, 5.74) is 3.32. The second-order valence-electron chi connectivity index (χ2n) is 8.04. The van der Waals surface area contributed by atoms with Crippen molar-refractivity contribution in [3.63, 3.8) is 0 Å². The van der Waals surface area contributed by atoms with Crippen molar-refractivity contribution in [1.82, 2.24) is 9.80 Å². The summed E-state index contributed by atoms with van der Waals surface area (Å²) >= 11 is 0. The van der Waals surface area contributed by atoms with Crippen LogP contribution in [0.2, 0.25) is 0 Å². The van der Waals surface area contributed by atoms with Crippen molar-refractivity contribution in [2.45, 2.75) is 30.8 Å². The third kappa shape index (κ3) is 4.60. The van der Waals surface area contributed by atoms with Crippen LogP contribution in [0.25, 0.3) is 11.1 Å². The molecule has 2 heterocycles. The summed E-state index contributed by atoms with van der Waals surface area (Å²) in [6.45, 7) is 0.785. The minimum atomic E-state index is -2.98. The maximum Gasteiger partial charge on any atom is 0.268 e. The molecule has 2 aliphatic heterocycles. The molecule has 0 bridgehead atoms. The molecule has 0 aromatic heterocycles. The monoisotopic (exact) mass is 410 g/mol. The molecular formula is C23H24F2N4O. The predicted octanol–water partition coefficient (Wildman–Crippen LogP) is 3.60. The molecule has 0 unspecified atom stereocenters. The highest BCUT2D eigenvalue weighted by molar-refractivity contribution is 5.79. The molecule has 0 radical (unpaired) electrons. The SMILES string of the molecule is N#C[C@@H]1CC(F)(F)CN1C(=O)CN1CC[C@H](Nc2ccc(-c3ccccc3)cc2)C1. The molecule has 2 aliphatic rings. The molecule has 7 heteroatoms. The first-order valence-corrected chi connectivity index (χ1v) is 10.1.